The van der Waals surface area contributed by atoms with E-state index in [0.29, 0.717) is 0 Å². The number of aromatic nitrogens is 1. The van der Waals surface area contributed by atoms with Gasteiger partial charge in [-0.05, 0) is 105 Å². The van der Waals surface area contributed by atoms with Gasteiger partial charge in [0.2, 0.25) is 0 Å². The largest absolute Gasteiger partial charge is 0.310 e. The summed E-state index contributed by atoms with van der Waals surface area (Å²) in [6.45, 7) is 0. The lowest BCUT2D eigenvalue weighted by Crippen LogP contribution is -2.74. The molecule has 0 bridgehead atoms. The Morgan fingerprint density at radius 3 is 1.27 bits per heavy atom. The molecule has 0 unspecified atom stereocenters. The van der Waals surface area contributed by atoms with Gasteiger partial charge in [-0.2, -0.15) is 0 Å². The average molecular weight is 851 g/mol. The molecule has 0 aliphatic heterocycles. The standard InChI is InChI=1S/C60H42N2SSi/c1-4-16-49(17-5-1)64(50-18-6-2-7-19-50,51-20-8-3-9-21-51)52-39-36-46(37-40-52)61(48-38-41-60-56(42-48)55-24-12-15-27-59(55)63-60)45-32-28-43(29-33-45)44-30-34-47(35-31-44)62-57-25-13-10-22-53(57)54-23-11-14-26-58(54)62/h1-42H. The Kier molecular flexibility index (Phi) is 9.40. The van der Waals surface area contributed by atoms with E-state index in [2.05, 4.69) is 264 Å². The summed E-state index contributed by atoms with van der Waals surface area (Å²) in [7, 11) is -2.69. The van der Waals surface area contributed by atoms with Gasteiger partial charge in [-0.3, -0.25) is 0 Å². The summed E-state index contributed by atoms with van der Waals surface area (Å²) in [5.74, 6) is 0. The van der Waals surface area contributed by atoms with E-state index in [0.717, 1.165) is 22.7 Å². The molecule has 302 valence electrons. The molecule has 12 aromatic rings. The second-order valence-electron chi connectivity index (χ2n) is 16.5. The van der Waals surface area contributed by atoms with E-state index in [9.17, 15) is 0 Å². The Balaban J connectivity index is 0.965. The topological polar surface area (TPSA) is 8.17 Å². The molecule has 0 fully saturated rings. The second kappa shape index (κ2) is 15.9. The molecular formula is C60H42N2SSi. The fraction of sp³-hybridized carbons (Fsp3) is 0. The number of benzene rings is 10. The van der Waals surface area contributed by atoms with Gasteiger partial charge in [-0.25, -0.2) is 0 Å². The van der Waals surface area contributed by atoms with E-state index in [4.69, 9.17) is 0 Å². The Morgan fingerprint density at radius 1 is 0.312 bits per heavy atom. The summed E-state index contributed by atoms with van der Waals surface area (Å²) in [6, 6.07) is 94.1. The number of anilines is 3. The summed E-state index contributed by atoms with van der Waals surface area (Å²) in [4.78, 5) is 2.42. The molecule has 0 radical (unpaired) electrons. The minimum absolute atomic E-state index is 1.11. The first-order valence-corrected chi connectivity index (χ1v) is 24.7. The van der Waals surface area contributed by atoms with Gasteiger partial charge in [0.05, 0.1) is 11.0 Å². The predicted molar refractivity (Wildman–Crippen MR) is 277 cm³/mol. The van der Waals surface area contributed by atoms with Crippen molar-refractivity contribution in [2.45, 2.75) is 0 Å². The summed E-state index contributed by atoms with van der Waals surface area (Å²) in [5, 5.41) is 10.6. The number of hydrogen-bond acceptors (Lipinski definition) is 2. The van der Waals surface area contributed by atoms with Crippen molar-refractivity contribution in [2.75, 3.05) is 4.90 Å². The molecule has 2 aromatic heterocycles. The lowest BCUT2D eigenvalue weighted by atomic mass is 10.0. The van der Waals surface area contributed by atoms with Crippen LogP contribution in [-0.4, -0.2) is 12.6 Å². The molecule has 0 amide bonds. The molecule has 0 saturated carbocycles. The summed E-state index contributed by atoms with van der Waals surface area (Å²) in [6.07, 6.45) is 0. The van der Waals surface area contributed by atoms with Gasteiger partial charge in [0.25, 0.3) is 0 Å². The molecule has 10 aromatic carbocycles. The average Bonchev–Trinajstić information content (AvgIpc) is 3.92. The first-order chi connectivity index (χ1) is 31.7. The number of thiophene rings is 1. The third-order valence-corrected chi connectivity index (χ3v) is 18.9. The maximum absolute atomic E-state index is 2.69. The second-order valence-corrected chi connectivity index (χ2v) is 21.4. The van der Waals surface area contributed by atoms with E-state index in [1.54, 1.807) is 0 Å². The van der Waals surface area contributed by atoms with E-state index >= 15 is 0 Å². The SMILES string of the molecule is c1ccc([Si](c2ccccc2)(c2ccccc2)c2ccc(N(c3ccc(-c4ccc(-n5c6ccccc6c6ccccc65)cc4)cc3)c3ccc4sc5ccccc5c4c3)cc2)cc1. The number of nitrogens with zero attached hydrogens (tertiary/aromatic N) is 2. The van der Waals surface area contributed by atoms with Crippen LogP contribution in [0.4, 0.5) is 17.1 Å². The number of hydrogen-bond donors (Lipinski definition) is 0. The fourth-order valence-electron chi connectivity index (χ4n) is 10.0. The van der Waals surface area contributed by atoms with Gasteiger partial charge in [0.1, 0.15) is 0 Å². The van der Waals surface area contributed by atoms with Gasteiger partial charge in [-0.1, -0.05) is 182 Å². The molecule has 0 spiro atoms. The van der Waals surface area contributed by atoms with Crippen LogP contribution in [0.25, 0.3) is 58.8 Å². The van der Waals surface area contributed by atoms with Crippen molar-refractivity contribution in [3.05, 3.63) is 255 Å². The van der Waals surface area contributed by atoms with Crippen LogP contribution in [-0.2, 0) is 0 Å². The highest BCUT2D eigenvalue weighted by atomic mass is 32.1. The zero-order valence-corrected chi connectivity index (χ0v) is 36.9. The van der Waals surface area contributed by atoms with Gasteiger partial charge < -0.3 is 9.47 Å². The van der Waals surface area contributed by atoms with E-state index in [1.165, 1.54) is 73.9 Å². The maximum Gasteiger partial charge on any atom is 0.179 e. The smallest absolute Gasteiger partial charge is 0.179 e. The summed E-state index contributed by atoms with van der Waals surface area (Å²) >= 11 is 1.86. The van der Waals surface area contributed by atoms with Crippen LogP contribution in [0.5, 0.6) is 0 Å². The molecule has 4 heteroatoms. The van der Waals surface area contributed by atoms with Crippen molar-refractivity contribution in [3.8, 4) is 16.8 Å². The van der Waals surface area contributed by atoms with Gasteiger partial charge in [0, 0.05) is 53.7 Å². The zero-order chi connectivity index (χ0) is 42.5. The van der Waals surface area contributed by atoms with Crippen molar-refractivity contribution >= 4 is 99.2 Å². The minimum atomic E-state index is -2.69. The van der Waals surface area contributed by atoms with Crippen molar-refractivity contribution in [1.82, 2.24) is 4.57 Å². The Bertz CT molecular complexity index is 3430. The van der Waals surface area contributed by atoms with Crippen molar-refractivity contribution < 1.29 is 0 Å². The fourth-order valence-corrected chi connectivity index (χ4v) is 15.9. The molecular weight excluding hydrogens is 809 g/mol. The van der Waals surface area contributed by atoms with E-state index < -0.39 is 8.07 Å². The van der Waals surface area contributed by atoms with Gasteiger partial charge >= 0.3 is 0 Å². The molecule has 0 aliphatic rings. The Labute approximate surface area is 378 Å². The number of fused-ring (bicyclic) bond motifs is 6. The first-order valence-electron chi connectivity index (χ1n) is 21.9. The lowest BCUT2D eigenvalue weighted by Gasteiger charge is -2.35. The van der Waals surface area contributed by atoms with Crippen molar-refractivity contribution in [3.63, 3.8) is 0 Å². The Morgan fingerprint density at radius 2 is 0.719 bits per heavy atom. The molecule has 64 heavy (non-hydrogen) atoms. The van der Waals surface area contributed by atoms with Crippen LogP contribution >= 0.6 is 11.3 Å². The van der Waals surface area contributed by atoms with Crippen LogP contribution in [0.1, 0.15) is 0 Å². The van der Waals surface area contributed by atoms with Crippen molar-refractivity contribution in [2.24, 2.45) is 0 Å². The van der Waals surface area contributed by atoms with E-state index in [1.807, 2.05) is 11.3 Å². The van der Waals surface area contributed by atoms with Crippen LogP contribution in [0.15, 0.2) is 255 Å². The molecule has 2 heterocycles. The molecule has 0 N–H and O–H groups in total. The minimum Gasteiger partial charge on any atom is -0.310 e. The molecule has 0 atom stereocenters. The van der Waals surface area contributed by atoms with Crippen LogP contribution < -0.4 is 25.6 Å². The molecule has 0 aliphatic carbocycles. The van der Waals surface area contributed by atoms with Crippen LogP contribution in [0, 0.1) is 0 Å². The maximum atomic E-state index is 2.42. The predicted octanol–water partition coefficient (Wildman–Crippen LogP) is 13.7. The van der Waals surface area contributed by atoms with Gasteiger partial charge in [0.15, 0.2) is 8.07 Å². The highest BCUT2D eigenvalue weighted by molar-refractivity contribution is 7.25. The molecule has 12 rings (SSSR count). The monoisotopic (exact) mass is 850 g/mol. The first kappa shape index (κ1) is 38.0. The Hall–Kier alpha value is -7.76. The third-order valence-electron chi connectivity index (χ3n) is 13.0. The number of rotatable bonds is 9. The molecule has 2 nitrogen and oxygen atoms in total. The van der Waals surface area contributed by atoms with E-state index in [-0.39, 0.29) is 0 Å². The lowest BCUT2D eigenvalue weighted by molar-refractivity contribution is 1.18. The highest BCUT2D eigenvalue weighted by Gasteiger charge is 2.41. The number of para-hydroxylation sites is 2. The van der Waals surface area contributed by atoms with Gasteiger partial charge in [-0.15, -0.1) is 11.3 Å². The quantitative estimate of drug-likeness (QED) is 0.104. The third kappa shape index (κ3) is 6.30. The van der Waals surface area contributed by atoms with Crippen LogP contribution in [0.2, 0.25) is 0 Å². The van der Waals surface area contributed by atoms with Crippen LogP contribution in [0.3, 0.4) is 0 Å². The normalized spacial score (nSPS) is 11.8. The highest BCUT2D eigenvalue weighted by Crippen LogP contribution is 2.41. The molecule has 0 saturated heterocycles. The van der Waals surface area contributed by atoms with Crippen molar-refractivity contribution in [1.29, 1.82) is 0 Å². The zero-order valence-electron chi connectivity index (χ0n) is 35.1. The summed E-state index contributed by atoms with van der Waals surface area (Å²) < 4.78 is 4.98. The summed E-state index contributed by atoms with van der Waals surface area (Å²) in [5.41, 5.74) is 9.30.